The standard InChI is InChI=1S/C25H32O2S2/c1-6-20-18-9-7-8-10-19(18)24(28-20)16(4)11-12-17(5)25-22-21(26-13-14-27-22)23(29-25)15(2)3/h7-10,15-17H,6,11-14H2,1-5H3. The maximum absolute atomic E-state index is 6.06. The van der Waals surface area contributed by atoms with Crippen LogP contribution in [0.2, 0.25) is 0 Å². The maximum atomic E-state index is 6.06. The van der Waals surface area contributed by atoms with Gasteiger partial charge in [-0.05, 0) is 47.8 Å². The predicted molar refractivity (Wildman–Crippen MR) is 127 cm³/mol. The summed E-state index contributed by atoms with van der Waals surface area (Å²) in [5.74, 6) is 3.58. The molecule has 3 aromatic rings. The van der Waals surface area contributed by atoms with Crippen LogP contribution in [0.5, 0.6) is 11.5 Å². The Balaban J connectivity index is 1.53. The molecule has 0 bridgehead atoms. The fraction of sp³-hybridized carbons (Fsp3) is 0.520. The molecule has 0 radical (unpaired) electrons. The maximum Gasteiger partial charge on any atom is 0.175 e. The lowest BCUT2D eigenvalue weighted by Gasteiger charge is -2.20. The first-order valence-electron chi connectivity index (χ1n) is 10.9. The Morgan fingerprint density at radius 1 is 0.793 bits per heavy atom. The minimum Gasteiger partial charge on any atom is -0.485 e. The van der Waals surface area contributed by atoms with Crippen molar-refractivity contribution in [3.05, 3.63) is 43.8 Å². The molecule has 4 heteroatoms. The Morgan fingerprint density at radius 2 is 1.38 bits per heavy atom. The first kappa shape index (κ1) is 20.7. The molecule has 4 rings (SSSR count). The monoisotopic (exact) mass is 428 g/mol. The third-order valence-corrected chi connectivity index (χ3v) is 9.23. The van der Waals surface area contributed by atoms with Crippen LogP contribution < -0.4 is 9.47 Å². The highest BCUT2D eigenvalue weighted by Gasteiger charge is 2.28. The predicted octanol–water partition coefficient (Wildman–Crippen LogP) is 8.11. The molecule has 2 aromatic heterocycles. The van der Waals surface area contributed by atoms with Crippen molar-refractivity contribution in [3.8, 4) is 11.5 Å². The van der Waals surface area contributed by atoms with Crippen LogP contribution in [0.4, 0.5) is 0 Å². The molecule has 0 amide bonds. The minimum absolute atomic E-state index is 0.472. The van der Waals surface area contributed by atoms with Crippen molar-refractivity contribution in [2.24, 2.45) is 0 Å². The van der Waals surface area contributed by atoms with E-state index in [2.05, 4.69) is 58.9 Å². The molecule has 0 saturated heterocycles. The number of hydrogen-bond acceptors (Lipinski definition) is 4. The van der Waals surface area contributed by atoms with Crippen LogP contribution in [0.3, 0.4) is 0 Å². The van der Waals surface area contributed by atoms with Gasteiger partial charge in [-0.3, -0.25) is 0 Å². The highest BCUT2D eigenvalue weighted by atomic mass is 32.1. The Hall–Kier alpha value is -1.52. The molecule has 156 valence electrons. The molecule has 0 aliphatic carbocycles. The van der Waals surface area contributed by atoms with Crippen LogP contribution >= 0.6 is 22.7 Å². The van der Waals surface area contributed by atoms with Gasteiger partial charge in [-0.15, -0.1) is 22.7 Å². The fourth-order valence-corrected chi connectivity index (χ4v) is 6.86. The Kier molecular flexibility index (Phi) is 6.21. The quantitative estimate of drug-likeness (QED) is 0.378. The minimum atomic E-state index is 0.472. The number of aryl methyl sites for hydroxylation is 1. The Labute approximate surface area is 182 Å². The highest BCUT2D eigenvalue weighted by molar-refractivity contribution is 7.14. The summed E-state index contributed by atoms with van der Waals surface area (Å²) in [6, 6.07) is 8.93. The van der Waals surface area contributed by atoms with Crippen molar-refractivity contribution in [1.29, 1.82) is 0 Å². The molecule has 0 fully saturated rings. The summed E-state index contributed by atoms with van der Waals surface area (Å²) in [6.45, 7) is 12.8. The lowest BCUT2D eigenvalue weighted by molar-refractivity contribution is 0.169. The van der Waals surface area contributed by atoms with E-state index in [-0.39, 0.29) is 0 Å². The number of hydrogen-bond donors (Lipinski definition) is 0. The van der Waals surface area contributed by atoms with Gasteiger partial charge in [0.15, 0.2) is 11.5 Å². The summed E-state index contributed by atoms with van der Waals surface area (Å²) < 4.78 is 12.1. The van der Waals surface area contributed by atoms with Gasteiger partial charge < -0.3 is 9.47 Å². The summed E-state index contributed by atoms with van der Waals surface area (Å²) in [5, 5.41) is 2.91. The molecular weight excluding hydrogens is 396 g/mol. The van der Waals surface area contributed by atoms with E-state index < -0.39 is 0 Å². The van der Waals surface area contributed by atoms with Crippen LogP contribution in [-0.4, -0.2) is 13.2 Å². The molecule has 1 aromatic carbocycles. The lowest BCUT2D eigenvalue weighted by Crippen LogP contribution is -2.16. The van der Waals surface area contributed by atoms with Crippen molar-refractivity contribution in [1.82, 2.24) is 0 Å². The summed E-state index contributed by atoms with van der Waals surface area (Å²) in [5.41, 5.74) is 0. The molecule has 0 N–H and O–H groups in total. The molecular formula is C25H32O2S2. The van der Waals surface area contributed by atoms with Crippen LogP contribution in [0, 0.1) is 0 Å². The van der Waals surface area contributed by atoms with Gasteiger partial charge in [-0.2, -0.15) is 0 Å². The van der Waals surface area contributed by atoms with Gasteiger partial charge in [0.1, 0.15) is 13.2 Å². The lowest BCUT2D eigenvalue weighted by atomic mass is 9.94. The first-order chi connectivity index (χ1) is 14.0. The van der Waals surface area contributed by atoms with Crippen molar-refractivity contribution in [2.75, 3.05) is 13.2 Å². The van der Waals surface area contributed by atoms with Gasteiger partial charge in [0, 0.05) is 9.75 Å². The van der Waals surface area contributed by atoms with E-state index in [1.54, 1.807) is 4.88 Å². The number of fused-ring (bicyclic) bond motifs is 2. The number of benzene rings is 1. The van der Waals surface area contributed by atoms with Crippen LogP contribution in [0.15, 0.2) is 24.3 Å². The normalized spacial score (nSPS) is 15.8. The van der Waals surface area contributed by atoms with Crippen LogP contribution in [-0.2, 0) is 6.42 Å². The van der Waals surface area contributed by atoms with E-state index in [0.29, 0.717) is 31.0 Å². The van der Waals surface area contributed by atoms with Crippen molar-refractivity contribution < 1.29 is 9.47 Å². The topological polar surface area (TPSA) is 18.5 Å². The third-order valence-electron chi connectivity index (χ3n) is 5.95. The zero-order valence-corrected chi connectivity index (χ0v) is 19.8. The Bertz CT molecular complexity index is 982. The molecule has 0 saturated carbocycles. The highest BCUT2D eigenvalue weighted by Crippen LogP contribution is 2.51. The van der Waals surface area contributed by atoms with E-state index >= 15 is 0 Å². The van der Waals surface area contributed by atoms with Gasteiger partial charge in [-0.25, -0.2) is 0 Å². The van der Waals surface area contributed by atoms with Crippen LogP contribution in [0.25, 0.3) is 10.8 Å². The number of rotatable bonds is 7. The summed E-state index contributed by atoms with van der Waals surface area (Å²) >= 11 is 3.92. The molecule has 2 unspecified atom stereocenters. The molecule has 0 spiro atoms. The van der Waals surface area contributed by atoms with E-state index in [0.717, 1.165) is 17.9 Å². The van der Waals surface area contributed by atoms with Gasteiger partial charge >= 0.3 is 0 Å². The average Bonchev–Trinajstić information content (AvgIpc) is 3.31. The smallest absolute Gasteiger partial charge is 0.175 e. The SMILES string of the molecule is CCc1sc(C(C)CCC(C)c2sc(C(C)C)c3c2OCCO3)c2ccccc12. The van der Waals surface area contributed by atoms with Crippen molar-refractivity contribution in [2.45, 2.75) is 71.6 Å². The largest absolute Gasteiger partial charge is 0.485 e. The fourth-order valence-electron chi connectivity index (χ4n) is 4.27. The third kappa shape index (κ3) is 3.94. The van der Waals surface area contributed by atoms with Gasteiger partial charge in [0.05, 0.1) is 9.75 Å². The van der Waals surface area contributed by atoms with E-state index in [1.807, 2.05) is 22.7 Å². The second-order valence-corrected chi connectivity index (χ2v) is 10.7. The second-order valence-electron chi connectivity index (χ2n) is 8.51. The van der Waals surface area contributed by atoms with E-state index in [1.165, 1.54) is 38.2 Å². The van der Waals surface area contributed by atoms with E-state index in [9.17, 15) is 0 Å². The second kappa shape index (κ2) is 8.69. The van der Waals surface area contributed by atoms with Crippen molar-refractivity contribution in [3.63, 3.8) is 0 Å². The first-order valence-corrected chi connectivity index (χ1v) is 12.6. The molecule has 29 heavy (non-hydrogen) atoms. The van der Waals surface area contributed by atoms with Gasteiger partial charge in [0.2, 0.25) is 0 Å². The molecule has 1 aliphatic heterocycles. The molecule has 1 aliphatic rings. The van der Waals surface area contributed by atoms with Gasteiger partial charge in [0.25, 0.3) is 0 Å². The number of ether oxygens (including phenoxy) is 2. The molecule has 2 nitrogen and oxygen atoms in total. The molecule has 3 heterocycles. The zero-order valence-electron chi connectivity index (χ0n) is 18.2. The summed E-state index contributed by atoms with van der Waals surface area (Å²) in [6.07, 6.45) is 3.48. The van der Waals surface area contributed by atoms with E-state index in [4.69, 9.17) is 9.47 Å². The van der Waals surface area contributed by atoms with Gasteiger partial charge in [-0.1, -0.05) is 58.9 Å². The average molecular weight is 429 g/mol. The Morgan fingerprint density at radius 3 is 2.00 bits per heavy atom. The van der Waals surface area contributed by atoms with Crippen LogP contribution in [0.1, 0.15) is 84.7 Å². The summed E-state index contributed by atoms with van der Waals surface area (Å²) in [4.78, 5) is 5.79. The number of thiophene rings is 2. The summed E-state index contributed by atoms with van der Waals surface area (Å²) in [7, 11) is 0. The molecule has 2 atom stereocenters. The van der Waals surface area contributed by atoms with Crippen molar-refractivity contribution >= 4 is 33.4 Å². The zero-order chi connectivity index (χ0) is 20.5.